The zero-order valence-corrected chi connectivity index (χ0v) is 17.5. The maximum Gasteiger partial charge on any atom is 0.414 e. The lowest BCUT2D eigenvalue weighted by Crippen LogP contribution is -2.33. The highest BCUT2D eigenvalue weighted by Crippen LogP contribution is 2.29. The van der Waals surface area contributed by atoms with Crippen molar-refractivity contribution < 1.29 is 23.5 Å². The average Bonchev–Trinajstić information content (AvgIpc) is 3.07. The van der Waals surface area contributed by atoms with Gasteiger partial charge in [0.25, 0.3) is 0 Å². The van der Waals surface area contributed by atoms with Crippen molar-refractivity contribution in [3.63, 3.8) is 0 Å². The van der Waals surface area contributed by atoms with Crippen molar-refractivity contribution in [2.24, 2.45) is 0 Å². The Morgan fingerprint density at radius 3 is 2.68 bits per heavy atom. The highest BCUT2D eigenvalue weighted by atomic mass is 19.1. The number of anilines is 2. The summed E-state index contributed by atoms with van der Waals surface area (Å²) in [7, 11) is 3.57. The minimum Gasteiger partial charge on any atom is -0.442 e. The number of hydrogen-bond donors (Lipinski definition) is 2. The second-order valence-corrected chi connectivity index (χ2v) is 7.44. The Kier molecular flexibility index (Phi) is 6.81. The molecule has 2 heterocycles. The molecule has 1 saturated heterocycles. The highest BCUT2D eigenvalue weighted by molar-refractivity contribution is 5.92. The molecule has 0 saturated carbocycles. The number of rotatable bonds is 7. The van der Waals surface area contributed by atoms with Gasteiger partial charge >= 0.3 is 6.09 Å². The van der Waals surface area contributed by atoms with Gasteiger partial charge in [-0.15, -0.1) is 0 Å². The van der Waals surface area contributed by atoms with Crippen molar-refractivity contribution >= 4 is 29.4 Å². The number of halogens is 1. The van der Waals surface area contributed by atoms with Gasteiger partial charge in [-0.25, -0.2) is 14.2 Å². The molecule has 0 aliphatic carbocycles. The van der Waals surface area contributed by atoms with Crippen molar-refractivity contribution in [2.45, 2.75) is 13.0 Å². The third-order valence-electron chi connectivity index (χ3n) is 4.52. The van der Waals surface area contributed by atoms with Gasteiger partial charge in [-0.05, 0) is 44.4 Å². The van der Waals surface area contributed by atoms with Crippen LogP contribution in [0.15, 0.2) is 36.5 Å². The summed E-state index contributed by atoms with van der Waals surface area (Å²) in [6.07, 6.45) is 0.372. The zero-order chi connectivity index (χ0) is 22.5. The lowest BCUT2D eigenvalue weighted by Gasteiger charge is -2.14. The molecule has 1 aromatic carbocycles. The van der Waals surface area contributed by atoms with Gasteiger partial charge in [-0.3, -0.25) is 14.5 Å². The molecule has 1 aliphatic heterocycles. The van der Waals surface area contributed by atoms with Crippen molar-refractivity contribution in [2.75, 3.05) is 43.9 Å². The zero-order valence-electron chi connectivity index (χ0n) is 17.5. The molecule has 3 rings (SSSR count). The smallest absolute Gasteiger partial charge is 0.414 e. The Morgan fingerprint density at radius 1 is 1.29 bits per heavy atom. The second-order valence-electron chi connectivity index (χ2n) is 7.44. The van der Waals surface area contributed by atoms with Gasteiger partial charge < -0.3 is 20.3 Å². The van der Waals surface area contributed by atoms with Crippen LogP contribution in [-0.2, 0) is 14.3 Å². The Labute approximate surface area is 179 Å². The van der Waals surface area contributed by atoms with Gasteiger partial charge in [-0.2, -0.15) is 0 Å². The summed E-state index contributed by atoms with van der Waals surface area (Å²) in [4.78, 5) is 42.2. The predicted molar refractivity (Wildman–Crippen MR) is 113 cm³/mol. The van der Waals surface area contributed by atoms with E-state index in [2.05, 4.69) is 15.6 Å². The van der Waals surface area contributed by atoms with Gasteiger partial charge in [0, 0.05) is 24.2 Å². The molecule has 10 heteroatoms. The van der Waals surface area contributed by atoms with Crippen molar-refractivity contribution in [3.05, 3.63) is 42.3 Å². The number of cyclic esters (lactones) is 1. The molecule has 2 N–H and O–H groups in total. The highest BCUT2D eigenvalue weighted by Gasteiger charge is 2.32. The van der Waals surface area contributed by atoms with Crippen LogP contribution < -0.4 is 15.5 Å². The molecule has 0 unspecified atom stereocenters. The molecule has 9 nitrogen and oxygen atoms in total. The van der Waals surface area contributed by atoms with Gasteiger partial charge in [0.05, 0.1) is 25.3 Å². The second kappa shape index (κ2) is 9.52. The number of benzene rings is 1. The van der Waals surface area contributed by atoms with Gasteiger partial charge in [0.2, 0.25) is 11.8 Å². The standard InChI is InChI=1S/C21H24FN5O4/c1-13(28)23-10-16-11-27(21(30)31-16)15-5-6-17(18(22)8-15)14-4-7-19(24-9-14)25-20(29)12-26(2)3/h4-9,16H,10-12H2,1-3H3,(H,23,28)(H,24,25,29)/t16-/m0/s1. The summed E-state index contributed by atoms with van der Waals surface area (Å²) in [6.45, 7) is 2.01. The Balaban J connectivity index is 1.69. The lowest BCUT2D eigenvalue weighted by molar-refractivity contribution is -0.119. The van der Waals surface area contributed by atoms with E-state index >= 15 is 0 Å². The molecule has 1 atom stereocenters. The number of hydrogen-bond acceptors (Lipinski definition) is 6. The van der Waals surface area contributed by atoms with Gasteiger partial charge in [-0.1, -0.05) is 0 Å². The van der Waals surface area contributed by atoms with Crippen molar-refractivity contribution in [3.8, 4) is 11.1 Å². The van der Waals surface area contributed by atoms with E-state index in [-0.39, 0.29) is 31.4 Å². The van der Waals surface area contributed by atoms with Crippen LogP contribution in [0.4, 0.5) is 20.7 Å². The molecule has 2 aromatic rings. The number of nitrogens with zero attached hydrogens (tertiary/aromatic N) is 3. The number of amides is 3. The van der Waals surface area contributed by atoms with E-state index in [1.54, 1.807) is 43.3 Å². The van der Waals surface area contributed by atoms with Crippen LogP contribution in [0.2, 0.25) is 0 Å². The average molecular weight is 429 g/mol. The van der Waals surface area contributed by atoms with E-state index in [1.807, 2.05) is 0 Å². The van der Waals surface area contributed by atoms with Gasteiger partial charge in [0.1, 0.15) is 17.7 Å². The number of carbonyl (C=O) groups excluding carboxylic acids is 3. The molecule has 0 radical (unpaired) electrons. The maximum atomic E-state index is 14.8. The third kappa shape index (κ3) is 5.76. The maximum absolute atomic E-state index is 14.8. The van der Waals surface area contributed by atoms with E-state index in [9.17, 15) is 18.8 Å². The van der Waals surface area contributed by atoms with Crippen LogP contribution in [0.3, 0.4) is 0 Å². The number of nitrogens with one attached hydrogen (secondary N) is 2. The first kappa shape index (κ1) is 22.2. The molecule has 164 valence electrons. The molecule has 0 spiro atoms. The van der Waals surface area contributed by atoms with Crippen LogP contribution in [0.1, 0.15) is 6.92 Å². The number of aromatic nitrogens is 1. The number of pyridine rings is 1. The van der Waals surface area contributed by atoms with Crippen LogP contribution in [0, 0.1) is 5.82 Å². The topological polar surface area (TPSA) is 104 Å². The molecule has 3 amide bonds. The molecular formula is C21H24FN5O4. The molecule has 0 bridgehead atoms. The molecule has 1 aliphatic rings. The van der Waals surface area contributed by atoms with Gasteiger partial charge in [0.15, 0.2) is 0 Å². The largest absolute Gasteiger partial charge is 0.442 e. The van der Waals surface area contributed by atoms with E-state index < -0.39 is 18.0 Å². The minimum atomic E-state index is -0.595. The van der Waals surface area contributed by atoms with Crippen LogP contribution in [0.5, 0.6) is 0 Å². The number of ether oxygens (including phenoxy) is 1. The fourth-order valence-electron chi connectivity index (χ4n) is 3.10. The Bertz CT molecular complexity index is 980. The molecule has 31 heavy (non-hydrogen) atoms. The summed E-state index contributed by atoms with van der Waals surface area (Å²) in [5.41, 5.74) is 1.20. The Morgan fingerprint density at radius 2 is 2.06 bits per heavy atom. The van der Waals surface area contributed by atoms with E-state index in [4.69, 9.17) is 4.74 Å². The quantitative estimate of drug-likeness (QED) is 0.696. The molecular weight excluding hydrogens is 405 g/mol. The first-order valence-corrected chi connectivity index (χ1v) is 9.66. The first-order valence-electron chi connectivity index (χ1n) is 9.66. The molecule has 1 fully saturated rings. The number of likely N-dealkylation sites (N-methyl/N-ethyl adjacent to an activating group) is 1. The summed E-state index contributed by atoms with van der Waals surface area (Å²) in [6, 6.07) is 7.68. The van der Waals surface area contributed by atoms with Crippen LogP contribution in [0.25, 0.3) is 11.1 Å². The summed E-state index contributed by atoms with van der Waals surface area (Å²) in [5.74, 6) is -0.573. The normalized spacial score (nSPS) is 15.7. The summed E-state index contributed by atoms with van der Waals surface area (Å²) < 4.78 is 20.0. The predicted octanol–water partition coefficient (Wildman–Crippen LogP) is 1.85. The minimum absolute atomic E-state index is 0.196. The first-order chi connectivity index (χ1) is 14.7. The van der Waals surface area contributed by atoms with E-state index in [0.717, 1.165) is 0 Å². The Hall–Kier alpha value is -3.53. The fourth-order valence-corrected chi connectivity index (χ4v) is 3.10. The van der Waals surface area contributed by atoms with Crippen LogP contribution in [-0.4, -0.2) is 67.6 Å². The van der Waals surface area contributed by atoms with Crippen molar-refractivity contribution in [1.29, 1.82) is 0 Å². The summed E-state index contributed by atoms with van der Waals surface area (Å²) in [5, 5.41) is 5.26. The monoisotopic (exact) mass is 429 g/mol. The fraction of sp³-hybridized carbons (Fsp3) is 0.333. The SMILES string of the molecule is CC(=O)NC[C@H]1CN(c2ccc(-c3ccc(NC(=O)CN(C)C)nc3)c(F)c2)C(=O)O1. The van der Waals surface area contributed by atoms with Crippen molar-refractivity contribution in [1.82, 2.24) is 15.2 Å². The number of carbonyl (C=O) groups is 3. The lowest BCUT2D eigenvalue weighted by atomic mass is 10.1. The third-order valence-corrected chi connectivity index (χ3v) is 4.52. The van der Waals surface area contributed by atoms with E-state index in [0.29, 0.717) is 22.6 Å². The van der Waals surface area contributed by atoms with Crippen LogP contribution >= 0.6 is 0 Å². The van der Waals surface area contributed by atoms with E-state index in [1.165, 1.54) is 24.1 Å². The summed E-state index contributed by atoms with van der Waals surface area (Å²) >= 11 is 0. The molecule has 1 aromatic heterocycles.